The predicted octanol–water partition coefficient (Wildman–Crippen LogP) is 3.73. The van der Waals surface area contributed by atoms with E-state index in [1.165, 1.54) is 68.7 Å². The van der Waals surface area contributed by atoms with Gasteiger partial charge in [0.05, 0.1) is 32.2 Å². The zero-order valence-electron chi connectivity index (χ0n) is 16.4. The van der Waals surface area contributed by atoms with E-state index in [9.17, 15) is 0 Å². The average Bonchev–Trinajstić information content (AvgIpc) is 2.71. The molecule has 0 aromatic heterocycles. The molecule has 0 unspecified atom stereocenters. The highest BCUT2D eigenvalue weighted by molar-refractivity contribution is 5.55. The highest BCUT2D eigenvalue weighted by Crippen LogP contribution is 2.32. The Bertz CT molecular complexity index is 708. The molecular formula is C24H33N2+. The molecule has 26 heavy (non-hydrogen) atoms. The summed E-state index contributed by atoms with van der Waals surface area (Å²) in [5.41, 5.74) is 5.81. The monoisotopic (exact) mass is 349 g/mol. The van der Waals surface area contributed by atoms with Gasteiger partial charge in [0.1, 0.15) is 0 Å². The van der Waals surface area contributed by atoms with Crippen molar-refractivity contribution in [2.45, 2.75) is 51.5 Å². The highest BCUT2D eigenvalue weighted by atomic mass is 15.3. The van der Waals surface area contributed by atoms with Crippen molar-refractivity contribution in [1.29, 1.82) is 0 Å². The summed E-state index contributed by atoms with van der Waals surface area (Å²) in [4.78, 5) is 4.47. The van der Waals surface area contributed by atoms with Gasteiger partial charge in [0.25, 0.3) is 0 Å². The molecule has 2 aromatic carbocycles. The number of hydrogen-bond acceptors (Lipinski definition) is 1. The molecule has 0 spiro atoms. The van der Waals surface area contributed by atoms with Crippen LogP contribution in [0.3, 0.4) is 0 Å². The lowest BCUT2D eigenvalue weighted by Crippen LogP contribution is -3.18. The fourth-order valence-electron chi connectivity index (χ4n) is 5.06. The minimum absolute atomic E-state index is 0.795. The van der Waals surface area contributed by atoms with Crippen LogP contribution in [-0.2, 0) is 0 Å². The van der Waals surface area contributed by atoms with Crippen molar-refractivity contribution in [2.24, 2.45) is 0 Å². The Morgan fingerprint density at radius 2 is 1.54 bits per heavy atom. The van der Waals surface area contributed by atoms with Crippen molar-refractivity contribution >= 4 is 5.69 Å². The summed E-state index contributed by atoms with van der Waals surface area (Å²) >= 11 is 0. The molecule has 0 amide bonds. The Balaban J connectivity index is 1.31. The second-order valence-electron chi connectivity index (χ2n) is 8.39. The second kappa shape index (κ2) is 7.84. The molecule has 138 valence electrons. The summed E-state index contributed by atoms with van der Waals surface area (Å²) in [6.45, 7) is 9.47. The van der Waals surface area contributed by atoms with Crippen LogP contribution >= 0.6 is 0 Å². The maximum Gasteiger partial charge on any atom is 0.0951 e. The van der Waals surface area contributed by atoms with Gasteiger partial charge < -0.3 is 9.80 Å². The van der Waals surface area contributed by atoms with Crippen molar-refractivity contribution in [2.75, 3.05) is 31.1 Å². The number of anilines is 1. The number of quaternary nitrogens is 1. The van der Waals surface area contributed by atoms with Crippen LogP contribution in [0.5, 0.6) is 0 Å². The van der Waals surface area contributed by atoms with Crippen LogP contribution in [0, 0.1) is 13.8 Å². The Kier molecular flexibility index (Phi) is 5.31. The summed E-state index contributed by atoms with van der Waals surface area (Å²) in [5.74, 6) is 0.795. The standard InChI is InChI=1S/C24H32N2/c1-19-8-9-20(2)24(18-19)26-16-14-25(15-17-26)23-12-10-22(11-13-23)21-6-4-3-5-7-21/h3-9,18,22-23H,10-17H2,1-2H3/p+1. The molecule has 1 aliphatic heterocycles. The zero-order valence-corrected chi connectivity index (χ0v) is 16.4. The Labute approximate surface area is 158 Å². The number of rotatable bonds is 3. The van der Waals surface area contributed by atoms with Gasteiger partial charge in [-0.2, -0.15) is 0 Å². The molecule has 1 aliphatic carbocycles. The van der Waals surface area contributed by atoms with Gasteiger partial charge in [-0.05, 0) is 68.2 Å². The number of benzene rings is 2. The minimum Gasteiger partial charge on any atom is -0.360 e. The molecule has 2 heteroatoms. The Hall–Kier alpha value is -1.80. The van der Waals surface area contributed by atoms with E-state index in [1.54, 1.807) is 5.56 Å². The molecule has 0 atom stereocenters. The van der Waals surface area contributed by atoms with Gasteiger partial charge in [-0.3, -0.25) is 0 Å². The SMILES string of the molecule is Cc1ccc(C)c(N2CC[NH+](C3CCC(c4ccccc4)CC3)CC2)c1. The maximum atomic E-state index is 2.61. The summed E-state index contributed by atoms with van der Waals surface area (Å²) in [5, 5.41) is 0. The third-order valence-corrected chi connectivity index (χ3v) is 6.69. The van der Waals surface area contributed by atoms with E-state index in [4.69, 9.17) is 0 Å². The van der Waals surface area contributed by atoms with E-state index in [0.717, 1.165) is 12.0 Å². The highest BCUT2D eigenvalue weighted by Gasteiger charge is 2.32. The van der Waals surface area contributed by atoms with E-state index in [1.807, 2.05) is 4.90 Å². The molecule has 0 bridgehead atoms. The molecule has 1 N–H and O–H groups in total. The normalized spacial score (nSPS) is 24.6. The van der Waals surface area contributed by atoms with E-state index in [0.29, 0.717) is 0 Å². The van der Waals surface area contributed by atoms with E-state index < -0.39 is 0 Å². The number of nitrogens with one attached hydrogen (secondary N) is 1. The zero-order chi connectivity index (χ0) is 17.9. The summed E-state index contributed by atoms with van der Waals surface area (Å²) in [7, 11) is 0. The first-order valence-electron chi connectivity index (χ1n) is 10.4. The number of aryl methyl sites for hydroxylation is 2. The van der Waals surface area contributed by atoms with Crippen LogP contribution in [0.4, 0.5) is 5.69 Å². The van der Waals surface area contributed by atoms with Crippen LogP contribution in [0.2, 0.25) is 0 Å². The van der Waals surface area contributed by atoms with Crippen molar-refractivity contribution in [3.8, 4) is 0 Å². The van der Waals surface area contributed by atoms with Crippen LogP contribution in [0.25, 0.3) is 0 Å². The predicted molar refractivity (Wildman–Crippen MR) is 110 cm³/mol. The quantitative estimate of drug-likeness (QED) is 0.887. The minimum atomic E-state index is 0.795. The lowest BCUT2D eigenvalue weighted by Gasteiger charge is -2.40. The smallest absolute Gasteiger partial charge is 0.0951 e. The molecule has 1 saturated heterocycles. The maximum absolute atomic E-state index is 2.61. The van der Waals surface area contributed by atoms with Crippen LogP contribution in [0.1, 0.15) is 48.3 Å². The summed E-state index contributed by atoms with van der Waals surface area (Å²) < 4.78 is 0. The fourth-order valence-corrected chi connectivity index (χ4v) is 5.06. The van der Waals surface area contributed by atoms with Gasteiger partial charge in [-0.15, -0.1) is 0 Å². The lowest BCUT2D eigenvalue weighted by atomic mass is 9.81. The molecule has 2 nitrogen and oxygen atoms in total. The van der Waals surface area contributed by atoms with Crippen LogP contribution in [0.15, 0.2) is 48.5 Å². The van der Waals surface area contributed by atoms with Gasteiger partial charge in [0.15, 0.2) is 0 Å². The summed E-state index contributed by atoms with van der Waals surface area (Å²) in [6.07, 6.45) is 5.55. The fraction of sp³-hybridized carbons (Fsp3) is 0.500. The Morgan fingerprint density at radius 1 is 0.846 bits per heavy atom. The topological polar surface area (TPSA) is 7.68 Å². The summed E-state index contributed by atoms with van der Waals surface area (Å²) in [6, 6.07) is 18.9. The molecule has 2 aromatic rings. The van der Waals surface area contributed by atoms with E-state index in [2.05, 4.69) is 67.3 Å². The van der Waals surface area contributed by atoms with E-state index >= 15 is 0 Å². The third-order valence-electron chi connectivity index (χ3n) is 6.69. The molecule has 2 fully saturated rings. The Morgan fingerprint density at radius 3 is 2.23 bits per heavy atom. The molecule has 4 rings (SSSR count). The number of nitrogens with zero attached hydrogens (tertiary/aromatic N) is 1. The lowest BCUT2D eigenvalue weighted by molar-refractivity contribution is -0.927. The largest absolute Gasteiger partial charge is 0.360 e. The molecular weight excluding hydrogens is 316 g/mol. The van der Waals surface area contributed by atoms with Crippen molar-refractivity contribution in [3.05, 3.63) is 65.2 Å². The first-order chi connectivity index (χ1) is 12.7. The average molecular weight is 350 g/mol. The molecule has 0 radical (unpaired) electrons. The molecule has 1 heterocycles. The van der Waals surface area contributed by atoms with Gasteiger partial charge in [0, 0.05) is 5.69 Å². The van der Waals surface area contributed by atoms with Crippen LogP contribution in [-0.4, -0.2) is 32.2 Å². The first kappa shape index (κ1) is 17.6. The van der Waals surface area contributed by atoms with E-state index in [-0.39, 0.29) is 0 Å². The van der Waals surface area contributed by atoms with Crippen LogP contribution < -0.4 is 9.80 Å². The third kappa shape index (κ3) is 3.81. The number of piperazine rings is 1. The van der Waals surface area contributed by atoms with Gasteiger partial charge in [0.2, 0.25) is 0 Å². The van der Waals surface area contributed by atoms with Gasteiger partial charge >= 0.3 is 0 Å². The van der Waals surface area contributed by atoms with Crippen molar-refractivity contribution < 1.29 is 4.90 Å². The first-order valence-corrected chi connectivity index (χ1v) is 10.4. The molecule has 1 saturated carbocycles. The van der Waals surface area contributed by atoms with Crippen molar-refractivity contribution in [1.82, 2.24) is 0 Å². The molecule has 2 aliphatic rings. The number of hydrogen-bond donors (Lipinski definition) is 1. The van der Waals surface area contributed by atoms with Crippen molar-refractivity contribution in [3.63, 3.8) is 0 Å². The van der Waals surface area contributed by atoms with Gasteiger partial charge in [-0.1, -0.05) is 42.5 Å². The van der Waals surface area contributed by atoms with Gasteiger partial charge in [-0.25, -0.2) is 0 Å². The second-order valence-corrected chi connectivity index (χ2v) is 8.39.